The summed E-state index contributed by atoms with van der Waals surface area (Å²) < 4.78 is 0. The van der Waals surface area contributed by atoms with E-state index in [9.17, 15) is 0 Å². The molecule has 0 amide bonds. The van der Waals surface area contributed by atoms with Crippen LogP contribution in [0.3, 0.4) is 0 Å². The molecule has 0 saturated heterocycles. The Morgan fingerprint density at radius 2 is 1.22 bits per heavy atom. The van der Waals surface area contributed by atoms with Gasteiger partial charge in [-0.2, -0.15) is 0 Å². The zero-order chi connectivity index (χ0) is 36.7. The predicted molar refractivity (Wildman–Crippen MR) is 233 cm³/mol. The highest BCUT2D eigenvalue weighted by molar-refractivity contribution is 5.97. The van der Waals surface area contributed by atoms with E-state index in [0.717, 1.165) is 17.8 Å². The normalized spacial score (nSPS) is 21.2. The summed E-state index contributed by atoms with van der Waals surface area (Å²) in [5.74, 6) is 3.25. The van der Waals surface area contributed by atoms with E-state index in [1.54, 1.807) is 5.56 Å². The quantitative estimate of drug-likeness (QED) is 0.166. The van der Waals surface area contributed by atoms with Gasteiger partial charge >= 0.3 is 0 Å². The van der Waals surface area contributed by atoms with E-state index in [4.69, 9.17) is 0 Å². The molecule has 4 aliphatic rings. The van der Waals surface area contributed by atoms with Crippen molar-refractivity contribution in [2.45, 2.75) is 88.9 Å². The van der Waals surface area contributed by atoms with Gasteiger partial charge in [0.15, 0.2) is 0 Å². The van der Waals surface area contributed by atoms with Crippen molar-refractivity contribution in [2.75, 3.05) is 4.90 Å². The van der Waals surface area contributed by atoms with Gasteiger partial charge in [-0.25, -0.2) is 0 Å². The monoisotopic (exact) mass is 713 g/mol. The fourth-order valence-electron chi connectivity index (χ4n) is 11.6. The molecule has 3 atom stereocenters. The second kappa shape index (κ2) is 13.0. The van der Waals surface area contributed by atoms with Crippen molar-refractivity contribution in [1.29, 1.82) is 0 Å². The summed E-state index contributed by atoms with van der Waals surface area (Å²) in [7, 11) is 0. The summed E-state index contributed by atoms with van der Waals surface area (Å²) in [4.78, 5) is 2.53. The van der Waals surface area contributed by atoms with Crippen molar-refractivity contribution in [1.82, 2.24) is 0 Å². The molecule has 0 aromatic heterocycles. The van der Waals surface area contributed by atoms with E-state index in [-0.39, 0.29) is 5.41 Å². The molecule has 2 bridgehead atoms. The number of hydrogen-bond acceptors (Lipinski definition) is 1. The zero-order valence-electron chi connectivity index (χ0n) is 32.4. The molecule has 0 aliphatic heterocycles. The van der Waals surface area contributed by atoms with Crippen LogP contribution in [0.1, 0.15) is 106 Å². The van der Waals surface area contributed by atoms with Gasteiger partial charge in [0.2, 0.25) is 0 Å². The molecule has 1 heteroatoms. The molecule has 0 N–H and O–H groups in total. The summed E-state index contributed by atoms with van der Waals surface area (Å²) >= 11 is 0. The van der Waals surface area contributed by atoms with E-state index in [1.807, 2.05) is 0 Å². The van der Waals surface area contributed by atoms with Crippen LogP contribution in [0, 0.1) is 11.8 Å². The minimum absolute atomic E-state index is 0.136. The van der Waals surface area contributed by atoms with Gasteiger partial charge in [-0.15, -0.1) is 0 Å². The van der Waals surface area contributed by atoms with Crippen LogP contribution in [0.4, 0.5) is 17.1 Å². The highest BCUT2D eigenvalue weighted by Gasteiger charge is 2.40. The number of rotatable bonds is 6. The van der Waals surface area contributed by atoms with Gasteiger partial charge in [0, 0.05) is 22.5 Å². The zero-order valence-corrected chi connectivity index (χ0v) is 32.4. The first-order valence-electron chi connectivity index (χ1n) is 21.2. The van der Waals surface area contributed by atoms with Crippen LogP contribution in [-0.4, -0.2) is 0 Å². The fourth-order valence-corrected chi connectivity index (χ4v) is 11.6. The van der Waals surface area contributed by atoms with Crippen molar-refractivity contribution in [3.8, 4) is 22.3 Å². The standard InChI is InChI=1S/C54H51N/c1-54(2)51-14-8-13-48(43-20-18-37-11-6-7-12-40(37)31-43)53(51)49-28-27-47(34-52(49)54)55(45-24-22-39(23-25-45)50-30-35-15-16-42(50)29-35)46-26-21-38-17-19-41(32-44(38)33-46)36-9-4-3-5-10-36/h6-8,11-14,17-28,31-36,42,50H,3-5,9-10,15-16,29-30H2,1-2H3. The smallest absolute Gasteiger partial charge is 0.0468 e. The molecule has 1 nitrogen and oxygen atoms in total. The van der Waals surface area contributed by atoms with Gasteiger partial charge in [0.05, 0.1) is 0 Å². The summed E-state index contributed by atoms with van der Waals surface area (Å²) in [5.41, 5.74) is 14.8. The SMILES string of the molecule is CC1(C)c2cc(N(c3ccc(C4CC5CCC4C5)cc3)c3ccc4ccc(C5CCCCC5)cc4c3)ccc2-c2c(-c3ccc4ccccc4c3)cccc21. The van der Waals surface area contributed by atoms with Gasteiger partial charge < -0.3 is 4.90 Å². The summed E-state index contributed by atoms with van der Waals surface area (Å²) in [6, 6.07) is 54.0. The lowest BCUT2D eigenvalue weighted by Gasteiger charge is -2.29. The molecule has 0 heterocycles. The van der Waals surface area contributed by atoms with E-state index >= 15 is 0 Å². The molecular formula is C54H51N. The van der Waals surface area contributed by atoms with Crippen molar-refractivity contribution in [3.05, 3.63) is 162 Å². The largest absolute Gasteiger partial charge is 0.310 e. The van der Waals surface area contributed by atoms with Crippen LogP contribution in [0.5, 0.6) is 0 Å². The third-order valence-electron chi connectivity index (χ3n) is 14.5. The first kappa shape index (κ1) is 33.2. The van der Waals surface area contributed by atoms with Gasteiger partial charge in [0.25, 0.3) is 0 Å². The molecule has 7 aromatic carbocycles. The Morgan fingerprint density at radius 1 is 0.491 bits per heavy atom. The summed E-state index contributed by atoms with van der Waals surface area (Å²) in [6.07, 6.45) is 12.4. The number of hydrogen-bond donors (Lipinski definition) is 0. The molecule has 7 aromatic rings. The minimum Gasteiger partial charge on any atom is -0.310 e. The van der Waals surface area contributed by atoms with Gasteiger partial charge in [-0.3, -0.25) is 0 Å². The van der Waals surface area contributed by atoms with Crippen molar-refractivity contribution in [3.63, 3.8) is 0 Å². The highest BCUT2D eigenvalue weighted by atomic mass is 15.1. The van der Waals surface area contributed by atoms with Crippen LogP contribution in [0.2, 0.25) is 0 Å². The minimum atomic E-state index is -0.136. The lowest BCUT2D eigenvalue weighted by atomic mass is 9.81. The van der Waals surface area contributed by atoms with Crippen LogP contribution in [-0.2, 0) is 5.41 Å². The Kier molecular flexibility index (Phi) is 7.84. The number of nitrogens with zero attached hydrogens (tertiary/aromatic N) is 1. The van der Waals surface area contributed by atoms with Crippen molar-refractivity contribution in [2.24, 2.45) is 11.8 Å². The van der Waals surface area contributed by atoms with Crippen LogP contribution in [0.25, 0.3) is 43.8 Å². The Bertz CT molecular complexity index is 2580. The average molecular weight is 714 g/mol. The Labute approximate surface area is 327 Å². The second-order valence-corrected chi connectivity index (χ2v) is 18.0. The Balaban J connectivity index is 1.03. The lowest BCUT2D eigenvalue weighted by Crippen LogP contribution is -2.16. The molecule has 3 saturated carbocycles. The molecule has 3 fully saturated rings. The molecule has 0 radical (unpaired) electrons. The third-order valence-corrected chi connectivity index (χ3v) is 14.5. The van der Waals surface area contributed by atoms with E-state index in [0.29, 0.717) is 5.92 Å². The molecule has 272 valence electrons. The van der Waals surface area contributed by atoms with Crippen LogP contribution in [0.15, 0.2) is 140 Å². The second-order valence-electron chi connectivity index (χ2n) is 18.0. The lowest BCUT2D eigenvalue weighted by molar-refractivity contribution is 0.420. The topological polar surface area (TPSA) is 3.24 Å². The van der Waals surface area contributed by atoms with Gasteiger partial charge in [0.1, 0.15) is 0 Å². The molecule has 55 heavy (non-hydrogen) atoms. The molecular weight excluding hydrogens is 663 g/mol. The third kappa shape index (κ3) is 5.56. The maximum absolute atomic E-state index is 2.53. The predicted octanol–water partition coefficient (Wildman–Crippen LogP) is 15.4. The number of benzene rings is 7. The van der Waals surface area contributed by atoms with Gasteiger partial charge in [-0.05, 0) is 164 Å². The number of fused-ring (bicyclic) bond motifs is 7. The highest BCUT2D eigenvalue weighted by Crippen LogP contribution is 2.55. The summed E-state index contributed by atoms with van der Waals surface area (Å²) in [6.45, 7) is 4.84. The maximum Gasteiger partial charge on any atom is 0.0468 e. The Hall–Kier alpha value is -5.14. The molecule has 4 aliphatic carbocycles. The fraction of sp³-hybridized carbons (Fsp3) is 0.296. The van der Waals surface area contributed by atoms with E-state index < -0.39 is 0 Å². The van der Waals surface area contributed by atoms with Gasteiger partial charge in [-0.1, -0.05) is 137 Å². The first-order valence-corrected chi connectivity index (χ1v) is 21.2. The number of anilines is 3. The molecule has 0 spiro atoms. The maximum atomic E-state index is 2.53. The molecule has 3 unspecified atom stereocenters. The first-order chi connectivity index (χ1) is 27.0. The molecule has 11 rings (SSSR count). The average Bonchev–Trinajstić information content (AvgIpc) is 3.94. The van der Waals surface area contributed by atoms with Crippen LogP contribution < -0.4 is 4.90 Å². The van der Waals surface area contributed by atoms with Crippen molar-refractivity contribution >= 4 is 38.6 Å². The van der Waals surface area contributed by atoms with E-state index in [2.05, 4.69) is 158 Å². The summed E-state index contributed by atoms with van der Waals surface area (Å²) in [5, 5.41) is 5.24. The Morgan fingerprint density at radius 3 is 2.04 bits per heavy atom. The van der Waals surface area contributed by atoms with Crippen molar-refractivity contribution < 1.29 is 0 Å². The van der Waals surface area contributed by atoms with E-state index in [1.165, 1.54) is 135 Å². The van der Waals surface area contributed by atoms with Crippen LogP contribution >= 0.6 is 0 Å².